The van der Waals surface area contributed by atoms with Gasteiger partial charge in [-0.25, -0.2) is 0 Å². The Labute approximate surface area is 164 Å². The van der Waals surface area contributed by atoms with Crippen LogP contribution in [0.2, 0.25) is 0 Å². The molecular weight excluding hydrogens is 334 g/mol. The van der Waals surface area contributed by atoms with Crippen molar-refractivity contribution in [3.63, 3.8) is 0 Å². The highest BCUT2D eigenvalue weighted by Crippen LogP contribution is 2.31. The predicted molar refractivity (Wildman–Crippen MR) is 110 cm³/mol. The van der Waals surface area contributed by atoms with Crippen LogP contribution in [0.3, 0.4) is 0 Å². The van der Waals surface area contributed by atoms with Crippen molar-refractivity contribution in [3.05, 3.63) is 29.3 Å². The molecular formula is C23H35N3O. The van der Waals surface area contributed by atoms with E-state index in [9.17, 15) is 0 Å². The van der Waals surface area contributed by atoms with Gasteiger partial charge in [-0.15, -0.1) is 0 Å². The molecule has 148 valence electrons. The lowest BCUT2D eigenvalue weighted by Crippen LogP contribution is -2.42. The van der Waals surface area contributed by atoms with Crippen LogP contribution in [-0.4, -0.2) is 67.3 Å². The van der Waals surface area contributed by atoms with Gasteiger partial charge in [0, 0.05) is 63.2 Å². The molecule has 0 radical (unpaired) electrons. The molecule has 0 aliphatic carbocycles. The van der Waals surface area contributed by atoms with Crippen molar-refractivity contribution in [3.8, 4) is 0 Å². The van der Waals surface area contributed by atoms with Crippen molar-refractivity contribution in [2.45, 2.75) is 70.1 Å². The number of hydrogen-bond acceptors (Lipinski definition) is 4. The van der Waals surface area contributed by atoms with E-state index in [0.29, 0.717) is 0 Å². The number of ether oxygens (including phenoxy) is 1. The van der Waals surface area contributed by atoms with Gasteiger partial charge >= 0.3 is 0 Å². The zero-order valence-electron chi connectivity index (χ0n) is 16.9. The van der Waals surface area contributed by atoms with Crippen LogP contribution < -0.4 is 4.90 Å². The van der Waals surface area contributed by atoms with Gasteiger partial charge in [0.1, 0.15) is 0 Å². The first-order valence-electron chi connectivity index (χ1n) is 11.2. The van der Waals surface area contributed by atoms with Crippen molar-refractivity contribution in [2.75, 3.05) is 44.3 Å². The molecule has 5 rings (SSSR count). The zero-order chi connectivity index (χ0) is 18.2. The van der Waals surface area contributed by atoms with Gasteiger partial charge < -0.3 is 9.64 Å². The summed E-state index contributed by atoms with van der Waals surface area (Å²) in [6.45, 7) is 10.4. The molecule has 0 spiro atoms. The van der Waals surface area contributed by atoms with E-state index < -0.39 is 0 Å². The summed E-state index contributed by atoms with van der Waals surface area (Å²) in [6, 6.07) is 9.60. The molecule has 4 aliphatic rings. The molecule has 0 unspecified atom stereocenters. The minimum Gasteiger partial charge on any atom is -0.381 e. The van der Waals surface area contributed by atoms with E-state index >= 15 is 0 Å². The van der Waals surface area contributed by atoms with E-state index in [2.05, 4.69) is 39.8 Å². The molecule has 1 aromatic carbocycles. The van der Waals surface area contributed by atoms with E-state index in [-0.39, 0.29) is 0 Å². The van der Waals surface area contributed by atoms with Gasteiger partial charge in [0.25, 0.3) is 0 Å². The van der Waals surface area contributed by atoms with Gasteiger partial charge in [0.15, 0.2) is 0 Å². The van der Waals surface area contributed by atoms with E-state index in [1.54, 1.807) is 11.1 Å². The van der Waals surface area contributed by atoms with Crippen LogP contribution >= 0.6 is 0 Å². The van der Waals surface area contributed by atoms with Crippen LogP contribution in [-0.2, 0) is 17.7 Å². The summed E-state index contributed by atoms with van der Waals surface area (Å²) in [6.07, 6.45) is 7.73. The Hall–Kier alpha value is -1.10. The number of nitrogens with zero attached hydrogens (tertiary/aromatic N) is 3. The van der Waals surface area contributed by atoms with Crippen molar-refractivity contribution in [1.82, 2.24) is 9.80 Å². The SMILES string of the molecule is C[C@H]1CCCN1[C@H]1CCN(c2ccc3c(c2)CCN(C2CCOCC2)C3)C1. The molecule has 4 nitrogen and oxygen atoms in total. The first-order valence-corrected chi connectivity index (χ1v) is 11.2. The fraction of sp³-hybridized carbons (Fsp3) is 0.739. The molecule has 4 heterocycles. The smallest absolute Gasteiger partial charge is 0.0480 e. The average Bonchev–Trinajstić information content (AvgIpc) is 3.37. The standard InChI is InChI=1S/C23H35N3O/c1-18-3-2-10-26(18)23-7-12-25(17-23)22-5-4-20-16-24(11-6-19(20)15-22)21-8-13-27-14-9-21/h4-5,15,18,21,23H,2-3,6-14,16-17H2,1H3/t18-,23-/m0/s1. The maximum absolute atomic E-state index is 5.55. The molecule has 3 saturated heterocycles. The Morgan fingerprint density at radius 3 is 2.63 bits per heavy atom. The second kappa shape index (κ2) is 7.73. The number of anilines is 1. The molecule has 4 aliphatic heterocycles. The summed E-state index contributed by atoms with van der Waals surface area (Å²) in [5.41, 5.74) is 4.61. The topological polar surface area (TPSA) is 19.0 Å². The Kier molecular flexibility index (Phi) is 5.14. The molecule has 0 N–H and O–H groups in total. The first kappa shape index (κ1) is 18.0. The molecule has 4 heteroatoms. The highest BCUT2D eigenvalue weighted by molar-refractivity contribution is 5.52. The maximum atomic E-state index is 5.55. The van der Waals surface area contributed by atoms with E-state index in [4.69, 9.17) is 4.74 Å². The number of hydrogen-bond donors (Lipinski definition) is 0. The van der Waals surface area contributed by atoms with Gasteiger partial charge in [-0.05, 0) is 75.3 Å². The fourth-order valence-corrected chi connectivity index (χ4v) is 5.86. The van der Waals surface area contributed by atoms with E-state index in [0.717, 1.165) is 37.9 Å². The van der Waals surface area contributed by atoms with Crippen LogP contribution in [0.5, 0.6) is 0 Å². The number of rotatable bonds is 3. The number of likely N-dealkylation sites (tertiary alicyclic amines) is 1. The summed E-state index contributed by atoms with van der Waals surface area (Å²) in [5.74, 6) is 0. The van der Waals surface area contributed by atoms with E-state index in [1.807, 2.05) is 0 Å². The molecule has 27 heavy (non-hydrogen) atoms. The number of benzene rings is 1. The quantitative estimate of drug-likeness (QED) is 0.814. The Morgan fingerprint density at radius 1 is 0.926 bits per heavy atom. The molecule has 0 bridgehead atoms. The Morgan fingerprint density at radius 2 is 1.81 bits per heavy atom. The zero-order valence-corrected chi connectivity index (χ0v) is 16.9. The lowest BCUT2D eigenvalue weighted by atomic mass is 9.96. The van der Waals surface area contributed by atoms with Crippen LogP contribution in [0.4, 0.5) is 5.69 Å². The van der Waals surface area contributed by atoms with Crippen LogP contribution in [0.15, 0.2) is 18.2 Å². The Balaban J connectivity index is 1.24. The highest BCUT2D eigenvalue weighted by Gasteiger charge is 2.33. The van der Waals surface area contributed by atoms with Crippen molar-refractivity contribution in [1.29, 1.82) is 0 Å². The van der Waals surface area contributed by atoms with Crippen molar-refractivity contribution in [2.24, 2.45) is 0 Å². The highest BCUT2D eigenvalue weighted by atomic mass is 16.5. The summed E-state index contributed by atoms with van der Waals surface area (Å²) in [4.78, 5) is 8.11. The third-order valence-electron chi connectivity index (χ3n) is 7.54. The van der Waals surface area contributed by atoms with Crippen LogP contribution in [0, 0.1) is 0 Å². The first-order chi connectivity index (χ1) is 13.3. The third kappa shape index (κ3) is 3.64. The minimum atomic E-state index is 0.730. The Bertz CT molecular complexity index is 657. The summed E-state index contributed by atoms with van der Waals surface area (Å²) >= 11 is 0. The second-order valence-corrected chi connectivity index (χ2v) is 9.13. The van der Waals surface area contributed by atoms with Gasteiger partial charge in [-0.2, -0.15) is 0 Å². The molecule has 2 atom stereocenters. The third-order valence-corrected chi connectivity index (χ3v) is 7.54. The largest absolute Gasteiger partial charge is 0.381 e. The lowest BCUT2D eigenvalue weighted by Gasteiger charge is -2.38. The van der Waals surface area contributed by atoms with E-state index in [1.165, 1.54) is 70.4 Å². The van der Waals surface area contributed by atoms with Gasteiger partial charge in [0.05, 0.1) is 0 Å². The summed E-state index contributed by atoms with van der Waals surface area (Å²) in [5, 5.41) is 0. The normalized spacial score (nSPS) is 30.8. The number of fused-ring (bicyclic) bond motifs is 1. The predicted octanol–water partition coefficient (Wildman–Crippen LogP) is 3.29. The van der Waals surface area contributed by atoms with Gasteiger partial charge in [0.2, 0.25) is 0 Å². The summed E-state index contributed by atoms with van der Waals surface area (Å²) < 4.78 is 5.55. The van der Waals surface area contributed by atoms with Gasteiger partial charge in [-0.1, -0.05) is 6.07 Å². The average molecular weight is 370 g/mol. The molecule has 0 saturated carbocycles. The van der Waals surface area contributed by atoms with Crippen LogP contribution in [0.1, 0.15) is 50.2 Å². The second-order valence-electron chi connectivity index (χ2n) is 9.13. The molecule has 0 aromatic heterocycles. The minimum absolute atomic E-state index is 0.730. The monoisotopic (exact) mass is 369 g/mol. The van der Waals surface area contributed by atoms with Crippen LogP contribution in [0.25, 0.3) is 0 Å². The van der Waals surface area contributed by atoms with Gasteiger partial charge in [-0.3, -0.25) is 9.80 Å². The molecule has 0 amide bonds. The maximum Gasteiger partial charge on any atom is 0.0480 e. The van der Waals surface area contributed by atoms with Crippen molar-refractivity contribution < 1.29 is 4.74 Å². The molecule has 3 fully saturated rings. The fourth-order valence-electron chi connectivity index (χ4n) is 5.86. The molecule has 1 aromatic rings. The lowest BCUT2D eigenvalue weighted by molar-refractivity contribution is 0.0290. The summed E-state index contributed by atoms with van der Waals surface area (Å²) in [7, 11) is 0. The van der Waals surface area contributed by atoms with Crippen molar-refractivity contribution >= 4 is 5.69 Å².